The minimum Gasteiger partial charge on any atom is -0.457 e. The van der Waals surface area contributed by atoms with Gasteiger partial charge in [-0.15, -0.1) is 0 Å². The van der Waals surface area contributed by atoms with Crippen LogP contribution in [0.3, 0.4) is 0 Å². The lowest BCUT2D eigenvalue weighted by molar-refractivity contribution is 0.0582. The van der Waals surface area contributed by atoms with E-state index in [1.165, 1.54) is 6.07 Å². The fourth-order valence-electron chi connectivity index (χ4n) is 2.40. The molecule has 134 valence electrons. The monoisotopic (exact) mass is 360 g/mol. The Bertz CT molecular complexity index is 976. The van der Waals surface area contributed by atoms with Gasteiger partial charge in [-0.05, 0) is 48.5 Å². The molecule has 0 spiro atoms. The number of carbonyl (C=O) groups excluding carboxylic acids is 1. The SMILES string of the molecule is [C-]#[N+]c1ccc(Oc2ccc(-c3cccc(C(=O)[C@H](O)CO)n3)cc2)cc1. The Morgan fingerprint density at radius 2 is 1.67 bits per heavy atom. The number of Topliss-reactive ketones (excluding diaryl/α,β-unsaturated/α-hetero) is 1. The summed E-state index contributed by atoms with van der Waals surface area (Å²) >= 11 is 0. The number of aromatic nitrogens is 1. The molecule has 0 saturated heterocycles. The third-order valence-corrected chi connectivity index (χ3v) is 3.83. The number of nitrogens with zero attached hydrogens (tertiary/aromatic N) is 2. The van der Waals surface area contributed by atoms with Crippen molar-refractivity contribution in [1.82, 2.24) is 4.98 Å². The average molecular weight is 360 g/mol. The molecule has 2 aromatic carbocycles. The van der Waals surface area contributed by atoms with Crippen molar-refractivity contribution in [2.45, 2.75) is 6.10 Å². The Morgan fingerprint density at radius 3 is 2.26 bits per heavy atom. The second-order valence-electron chi connectivity index (χ2n) is 5.70. The van der Waals surface area contributed by atoms with E-state index in [4.69, 9.17) is 16.4 Å². The van der Waals surface area contributed by atoms with E-state index in [1.807, 2.05) is 12.1 Å². The molecule has 6 heteroatoms. The van der Waals surface area contributed by atoms with Gasteiger partial charge in [0.15, 0.2) is 5.69 Å². The summed E-state index contributed by atoms with van der Waals surface area (Å²) in [7, 11) is 0. The number of rotatable bonds is 6. The van der Waals surface area contributed by atoms with E-state index in [2.05, 4.69) is 9.83 Å². The topological polar surface area (TPSA) is 84.0 Å². The summed E-state index contributed by atoms with van der Waals surface area (Å²) in [6.45, 7) is 6.30. The minimum atomic E-state index is -1.47. The number of benzene rings is 2. The Balaban J connectivity index is 1.77. The van der Waals surface area contributed by atoms with Gasteiger partial charge in [-0.2, -0.15) is 0 Å². The number of aliphatic hydroxyl groups excluding tert-OH is 2. The molecule has 0 saturated carbocycles. The summed E-state index contributed by atoms with van der Waals surface area (Å²) in [5.41, 5.74) is 1.98. The lowest BCUT2D eigenvalue weighted by Gasteiger charge is -2.09. The Kier molecular flexibility index (Phi) is 5.57. The Labute approximate surface area is 156 Å². The summed E-state index contributed by atoms with van der Waals surface area (Å²) in [5, 5.41) is 18.4. The zero-order valence-corrected chi connectivity index (χ0v) is 14.2. The van der Waals surface area contributed by atoms with Crippen molar-refractivity contribution in [2.24, 2.45) is 0 Å². The van der Waals surface area contributed by atoms with Crippen LogP contribution < -0.4 is 4.74 Å². The van der Waals surface area contributed by atoms with E-state index in [0.717, 1.165) is 5.56 Å². The number of ether oxygens (including phenoxy) is 1. The van der Waals surface area contributed by atoms with Gasteiger partial charge in [0.25, 0.3) is 0 Å². The van der Waals surface area contributed by atoms with E-state index < -0.39 is 18.5 Å². The number of carbonyl (C=O) groups is 1. The number of ketones is 1. The maximum Gasteiger partial charge on any atom is 0.211 e. The van der Waals surface area contributed by atoms with E-state index in [0.29, 0.717) is 22.9 Å². The van der Waals surface area contributed by atoms with Gasteiger partial charge in [-0.3, -0.25) is 4.79 Å². The Morgan fingerprint density at radius 1 is 1.04 bits per heavy atom. The number of pyridine rings is 1. The molecule has 3 rings (SSSR count). The first-order valence-corrected chi connectivity index (χ1v) is 8.16. The predicted molar refractivity (Wildman–Crippen MR) is 99.9 cm³/mol. The fourth-order valence-corrected chi connectivity index (χ4v) is 2.40. The highest BCUT2D eigenvalue weighted by molar-refractivity contribution is 5.98. The van der Waals surface area contributed by atoms with Crippen molar-refractivity contribution in [3.05, 3.63) is 83.8 Å². The van der Waals surface area contributed by atoms with Gasteiger partial charge in [-0.25, -0.2) is 9.83 Å². The lowest BCUT2D eigenvalue weighted by atomic mass is 10.1. The van der Waals surface area contributed by atoms with Crippen LogP contribution in [0.1, 0.15) is 10.5 Å². The summed E-state index contributed by atoms with van der Waals surface area (Å²) in [5.74, 6) is 0.623. The van der Waals surface area contributed by atoms with Crippen LogP contribution in [0, 0.1) is 6.57 Å². The van der Waals surface area contributed by atoms with Crippen molar-refractivity contribution >= 4 is 11.5 Å². The average Bonchev–Trinajstić information content (AvgIpc) is 2.74. The van der Waals surface area contributed by atoms with Crippen molar-refractivity contribution < 1.29 is 19.7 Å². The second kappa shape index (κ2) is 8.23. The third-order valence-electron chi connectivity index (χ3n) is 3.83. The highest BCUT2D eigenvalue weighted by Gasteiger charge is 2.17. The molecule has 0 aliphatic rings. The molecule has 0 bridgehead atoms. The largest absolute Gasteiger partial charge is 0.457 e. The molecule has 0 fully saturated rings. The molecule has 1 atom stereocenters. The maximum absolute atomic E-state index is 12.0. The molecule has 1 aromatic heterocycles. The van der Waals surface area contributed by atoms with Crippen molar-refractivity contribution in [2.75, 3.05) is 6.61 Å². The smallest absolute Gasteiger partial charge is 0.211 e. The van der Waals surface area contributed by atoms with Crippen LogP contribution in [0.25, 0.3) is 16.1 Å². The zero-order valence-electron chi connectivity index (χ0n) is 14.2. The molecule has 0 radical (unpaired) electrons. The van der Waals surface area contributed by atoms with Gasteiger partial charge in [-0.1, -0.05) is 18.2 Å². The molecule has 0 unspecified atom stereocenters. The van der Waals surface area contributed by atoms with Crippen molar-refractivity contribution in [3.8, 4) is 22.8 Å². The predicted octanol–water partition coefficient (Wildman–Crippen LogP) is 3.63. The molecular weight excluding hydrogens is 344 g/mol. The van der Waals surface area contributed by atoms with Crippen LogP contribution in [0.4, 0.5) is 5.69 Å². The molecule has 0 amide bonds. The van der Waals surface area contributed by atoms with Gasteiger partial charge in [0.1, 0.15) is 23.3 Å². The first-order chi connectivity index (χ1) is 13.1. The van der Waals surface area contributed by atoms with Gasteiger partial charge in [0.2, 0.25) is 5.78 Å². The van der Waals surface area contributed by atoms with Crippen molar-refractivity contribution in [1.29, 1.82) is 0 Å². The molecular formula is C21H16N2O4. The first-order valence-electron chi connectivity index (χ1n) is 8.16. The Hall–Kier alpha value is -3.53. The van der Waals surface area contributed by atoms with Gasteiger partial charge >= 0.3 is 0 Å². The van der Waals surface area contributed by atoms with Gasteiger partial charge < -0.3 is 14.9 Å². The molecule has 6 nitrogen and oxygen atoms in total. The lowest BCUT2D eigenvalue weighted by Crippen LogP contribution is -2.25. The first kappa shape index (κ1) is 18.3. The molecule has 3 aromatic rings. The molecule has 27 heavy (non-hydrogen) atoms. The van der Waals surface area contributed by atoms with E-state index in [9.17, 15) is 9.90 Å². The van der Waals surface area contributed by atoms with E-state index in [1.54, 1.807) is 48.5 Å². The van der Waals surface area contributed by atoms with Gasteiger partial charge in [0.05, 0.1) is 18.9 Å². The second-order valence-corrected chi connectivity index (χ2v) is 5.70. The normalized spacial score (nSPS) is 11.4. The summed E-state index contributed by atoms with van der Waals surface area (Å²) < 4.78 is 5.74. The number of aliphatic hydroxyl groups is 2. The summed E-state index contributed by atoms with van der Waals surface area (Å²) in [6.07, 6.45) is -1.47. The summed E-state index contributed by atoms with van der Waals surface area (Å²) in [6, 6.07) is 18.9. The van der Waals surface area contributed by atoms with Crippen LogP contribution in [-0.4, -0.2) is 33.7 Å². The fraction of sp³-hybridized carbons (Fsp3) is 0.0952. The summed E-state index contributed by atoms with van der Waals surface area (Å²) in [4.78, 5) is 19.5. The quantitative estimate of drug-likeness (QED) is 0.518. The molecule has 0 aliphatic heterocycles. The number of hydrogen-bond donors (Lipinski definition) is 2. The van der Waals surface area contributed by atoms with Gasteiger partial charge in [0, 0.05) is 5.56 Å². The van der Waals surface area contributed by atoms with E-state index in [-0.39, 0.29) is 5.69 Å². The van der Waals surface area contributed by atoms with Crippen LogP contribution in [0.2, 0.25) is 0 Å². The highest BCUT2D eigenvalue weighted by atomic mass is 16.5. The van der Waals surface area contributed by atoms with Crippen LogP contribution in [0.5, 0.6) is 11.5 Å². The van der Waals surface area contributed by atoms with E-state index >= 15 is 0 Å². The van der Waals surface area contributed by atoms with Crippen LogP contribution in [-0.2, 0) is 0 Å². The molecule has 0 aliphatic carbocycles. The van der Waals surface area contributed by atoms with Crippen LogP contribution >= 0.6 is 0 Å². The zero-order chi connectivity index (χ0) is 19.2. The standard InChI is InChI=1S/C21H16N2O4/c1-22-15-7-11-17(12-8-15)27-16-9-5-14(6-10-16)18-3-2-4-19(23-18)21(26)20(25)13-24/h2-12,20,24-25H,13H2/t20-/m1/s1. The maximum atomic E-state index is 12.0. The number of hydrogen-bond acceptors (Lipinski definition) is 5. The molecule has 1 heterocycles. The minimum absolute atomic E-state index is 0.0919. The highest BCUT2D eigenvalue weighted by Crippen LogP contribution is 2.26. The molecule has 2 N–H and O–H groups in total. The third kappa shape index (κ3) is 4.36. The van der Waals surface area contributed by atoms with Crippen LogP contribution in [0.15, 0.2) is 66.7 Å². The van der Waals surface area contributed by atoms with Crippen molar-refractivity contribution in [3.63, 3.8) is 0 Å².